The molecule has 4 N–H and O–H groups in total. The summed E-state index contributed by atoms with van der Waals surface area (Å²) in [6, 6.07) is 6.94. The lowest BCUT2D eigenvalue weighted by atomic mass is 9.93. The van der Waals surface area contributed by atoms with Crippen molar-refractivity contribution in [3.05, 3.63) is 46.7 Å². The van der Waals surface area contributed by atoms with E-state index in [1.807, 2.05) is 24.3 Å². The molecule has 162 valence electrons. The summed E-state index contributed by atoms with van der Waals surface area (Å²) >= 11 is 0. The van der Waals surface area contributed by atoms with Crippen LogP contribution in [0.5, 0.6) is 0 Å². The first-order valence-electron chi connectivity index (χ1n) is 10.5. The van der Waals surface area contributed by atoms with Crippen molar-refractivity contribution in [1.29, 1.82) is 0 Å². The predicted octanol–water partition coefficient (Wildman–Crippen LogP) is 1.62. The summed E-state index contributed by atoms with van der Waals surface area (Å²) in [5.74, 6) is -0.837. The molecule has 0 unspecified atom stereocenters. The summed E-state index contributed by atoms with van der Waals surface area (Å²) in [5, 5.41) is 5.67. The van der Waals surface area contributed by atoms with E-state index in [1.165, 1.54) is 5.56 Å². The number of primary amides is 1. The van der Waals surface area contributed by atoms with Gasteiger partial charge in [0.1, 0.15) is 0 Å². The number of urea groups is 1. The Morgan fingerprint density at radius 2 is 1.83 bits per heavy atom. The molecule has 3 amide bonds. The molecule has 0 aromatic heterocycles. The molecule has 0 saturated carbocycles. The van der Waals surface area contributed by atoms with E-state index in [4.69, 9.17) is 10.5 Å². The van der Waals surface area contributed by atoms with E-state index in [0.29, 0.717) is 43.7 Å². The fourth-order valence-corrected chi connectivity index (χ4v) is 3.99. The molecule has 0 spiro atoms. The Kier molecular flexibility index (Phi) is 7.10. The molecule has 1 fully saturated rings. The highest BCUT2D eigenvalue weighted by Gasteiger charge is 2.35. The number of carbonyl (C=O) groups is 3. The Morgan fingerprint density at radius 3 is 2.40 bits per heavy atom. The molecule has 8 nitrogen and oxygen atoms in total. The number of nitrogens with one attached hydrogen (secondary N) is 2. The smallest absolute Gasteiger partial charge is 0.338 e. The minimum absolute atomic E-state index is 0.118. The number of ether oxygens (including phenoxy) is 1. The average Bonchev–Trinajstić information content (AvgIpc) is 2.74. The standard InChI is InChI=1S/C22H30N4O4/c1-3-14-5-7-15(8-6-14)19-18(21(28)30-4-2)17(24-22(29)25-19)13-26-11-9-16(10-12-26)20(23)27/h5-8,16,19H,3-4,9-13H2,1-2H3,(H2,23,27)(H2,24,25,29)/t19-/m1/s1. The number of esters is 1. The van der Waals surface area contributed by atoms with Gasteiger partial charge in [0, 0.05) is 18.2 Å². The van der Waals surface area contributed by atoms with Gasteiger partial charge in [-0.15, -0.1) is 0 Å². The fourth-order valence-electron chi connectivity index (χ4n) is 3.99. The number of carbonyl (C=O) groups excluding carboxylic acids is 3. The van der Waals surface area contributed by atoms with Crippen LogP contribution in [-0.2, 0) is 20.7 Å². The predicted molar refractivity (Wildman–Crippen MR) is 112 cm³/mol. The number of hydrogen-bond acceptors (Lipinski definition) is 5. The lowest BCUT2D eigenvalue weighted by Crippen LogP contribution is -2.49. The first-order chi connectivity index (χ1) is 14.4. The average molecular weight is 415 g/mol. The number of hydrogen-bond donors (Lipinski definition) is 3. The Labute approximate surface area is 176 Å². The Hall–Kier alpha value is -2.87. The summed E-state index contributed by atoms with van der Waals surface area (Å²) in [4.78, 5) is 38.8. The van der Waals surface area contributed by atoms with Gasteiger partial charge in [0.2, 0.25) is 5.91 Å². The van der Waals surface area contributed by atoms with Gasteiger partial charge in [-0.2, -0.15) is 0 Å². The molecule has 0 aliphatic carbocycles. The number of piperidine rings is 1. The molecule has 1 aromatic carbocycles. The summed E-state index contributed by atoms with van der Waals surface area (Å²) in [6.07, 6.45) is 2.25. The van der Waals surface area contributed by atoms with E-state index in [2.05, 4.69) is 22.5 Å². The van der Waals surface area contributed by atoms with Crippen LogP contribution in [0.3, 0.4) is 0 Å². The number of likely N-dealkylation sites (tertiary alicyclic amines) is 1. The minimum Gasteiger partial charge on any atom is -0.463 e. The highest BCUT2D eigenvalue weighted by atomic mass is 16.5. The fraction of sp³-hybridized carbons (Fsp3) is 0.500. The number of aryl methyl sites for hydroxylation is 1. The van der Waals surface area contributed by atoms with Gasteiger partial charge in [0.25, 0.3) is 0 Å². The Morgan fingerprint density at radius 1 is 1.17 bits per heavy atom. The maximum atomic E-state index is 12.9. The normalized spacial score (nSPS) is 20.5. The van der Waals surface area contributed by atoms with E-state index in [1.54, 1.807) is 6.92 Å². The Bertz CT molecular complexity index is 826. The number of nitrogens with two attached hydrogens (primary N) is 1. The molecule has 3 rings (SSSR count). The molecule has 2 aliphatic heterocycles. The number of nitrogens with zero attached hydrogens (tertiary/aromatic N) is 1. The molecule has 2 heterocycles. The number of benzene rings is 1. The molecule has 1 aromatic rings. The quantitative estimate of drug-likeness (QED) is 0.587. The van der Waals surface area contributed by atoms with Crippen molar-refractivity contribution < 1.29 is 19.1 Å². The van der Waals surface area contributed by atoms with Crippen LogP contribution in [0, 0.1) is 5.92 Å². The largest absolute Gasteiger partial charge is 0.463 e. The second-order valence-corrected chi connectivity index (χ2v) is 7.69. The van der Waals surface area contributed by atoms with Crippen LogP contribution in [0.4, 0.5) is 4.79 Å². The summed E-state index contributed by atoms with van der Waals surface area (Å²) in [5.41, 5.74) is 8.38. The zero-order valence-corrected chi connectivity index (χ0v) is 17.6. The third-order valence-electron chi connectivity index (χ3n) is 5.74. The number of amides is 3. The van der Waals surface area contributed by atoms with Crippen LogP contribution in [0.1, 0.15) is 43.9 Å². The molecule has 2 aliphatic rings. The van der Waals surface area contributed by atoms with E-state index in [0.717, 1.165) is 12.0 Å². The Balaban J connectivity index is 1.89. The van der Waals surface area contributed by atoms with Crippen LogP contribution in [-0.4, -0.2) is 49.0 Å². The van der Waals surface area contributed by atoms with E-state index in [-0.39, 0.29) is 24.5 Å². The molecule has 1 atom stereocenters. The molecule has 30 heavy (non-hydrogen) atoms. The second-order valence-electron chi connectivity index (χ2n) is 7.69. The zero-order valence-electron chi connectivity index (χ0n) is 17.6. The third-order valence-corrected chi connectivity index (χ3v) is 5.74. The molecular formula is C22H30N4O4. The molecule has 0 bridgehead atoms. The molecule has 1 saturated heterocycles. The lowest BCUT2D eigenvalue weighted by molar-refractivity contribution is -0.139. The van der Waals surface area contributed by atoms with Gasteiger partial charge in [-0.05, 0) is 50.4 Å². The third kappa shape index (κ3) is 4.99. The SMILES string of the molecule is CCOC(=O)C1=C(CN2CCC(C(N)=O)CC2)NC(=O)N[C@@H]1c1ccc(CC)cc1. The first-order valence-corrected chi connectivity index (χ1v) is 10.5. The van der Waals surface area contributed by atoms with Crippen LogP contribution < -0.4 is 16.4 Å². The van der Waals surface area contributed by atoms with Gasteiger partial charge < -0.3 is 21.1 Å². The summed E-state index contributed by atoms with van der Waals surface area (Å²) in [6.45, 7) is 5.82. The summed E-state index contributed by atoms with van der Waals surface area (Å²) in [7, 11) is 0. The highest BCUT2D eigenvalue weighted by molar-refractivity contribution is 5.95. The van der Waals surface area contributed by atoms with Crippen molar-refractivity contribution in [1.82, 2.24) is 15.5 Å². The second kappa shape index (κ2) is 9.75. The van der Waals surface area contributed by atoms with Crippen molar-refractivity contribution in [2.24, 2.45) is 11.7 Å². The van der Waals surface area contributed by atoms with Crippen molar-refractivity contribution in [2.45, 2.75) is 39.2 Å². The van der Waals surface area contributed by atoms with E-state index < -0.39 is 12.0 Å². The molecular weight excluding hydrogens is 384 g/mol. The van der Waals surface area contributed by atoms with Crippen molar-refractivity contribution in [3.63, 3.8) is 0 Å². The van der Waals surface area contributed by atoms with Gasteiger partial charge >= 0.3 is 12.0 Å². The van der Waals surface area contributed by atoms with E-state index in [9.17, 15) is 14.4 Å². The maximum Gasteiger partial charge on any atom is 0.338 e. The molecule has 8 heteroatoms. The maximum absolute atomic E-state index is 12.9. The van der Waals surface area contributed by atoms with Gasteiger partial charge in [0.05, 0.1) is 18.2 Å². The van der Waals surface area contributed by atoms with Gasteiger partial charge in [0.15, 0.2) is 0 Å². The molecule has 0 radical (unpaired) electrons. The monoisotopic (exact) mass is 414 g/mol. The lowest BCUT2D eigenvalue weighted by Gasteiger charge is -2.34. The van der Waals surface area contributed by atoms with Crippen molar-refractivity contribution in [2.75, 3.05) is 26.2 Å². The van der Waals surface area contributed by atoms with Gasteiger partial charge in [-0.3, -0.25) is 9.69 Å². The minimum atomic E-state index is -0.582. The van der Waals surface area contributed by atoms with E-state index >= 15 is 0 Å². The topological polar surface area (TPSA) is 114 Å². The van der Waals surface area contributed by atoms with Gasteiger partial charge in [-0.1, -0.05) is 31.2 Å². The van der Waals surface area contributed by atoms with Crippen LogP contribution in [0.2, 0.25) is 0 Å². The van der Waals surface area contributed by atoms with Gasteiger partial charge in [-0.25, -0.2) is 9.59 Å². The van der Waals surface area contributed by atoms with Crippen molar-refractivity contribution >= 4 is 17.9 Å². The summed E-state index contributed by atoms with van der Waals surface area (Å²) < 4.78 is 5.31. The zero-order chi connectivity index (χ0) is 21.7. The van der Waals surface area contributed by atoms with Crippen LogP contribution in [0.25, 0.3) is 0 Å². The van der Waals surface area contributed by atoms with Crippen LogP contribution in [0.15, 0.2) is 35.5 Å². The highest BCUT2D eigenvalue weighted by Crippen LogP contribution is 2.29. The van der Waals surface area contributed by atoms with Crippen LogP contribution >= 0.6 is 0 Å². The number of rotatable bonds is 7. The first kappa shape index (κ1) is 21.8. The van der Waals surface area contributed by atoms with Crippen molar-refractivity contribution in [3.8, 4) is 0 Å².